The molecule has 0 atom stereocenters. The lowest BCUT2D eigenvalue weighted by atomic mass is 9.67. The summed E-state index contributed by atoms with van der Waals surface area (Å²) >= 11 is 0. The first-order valence-corrected chi connectivity index (χ1v) is 5.95. The minimum Gasteiger partial charge on any atom is -0.324 e. The van der Waals surface area contributed by atoms with Crippen LogP contribution in [0.15, 0.2) is 12.3 Å². The van der Waals surface area contributed by atoms with Crippen molar-refractivity contribution in [2.45, 2.75) is 44.4 Å². The summed E-state index contributed by atoms with van der Waals surface area (Å²) in [5.74, 6) is 0.606. The highest BCUT2D eigenvalue weighted by Gasteiger charge is 2.52. The van der Waals surface area contributed by atoms with Gasteiger partial charge in [-0.3, -0.25) is 9.78 Å². The lowest BCUT2D eigenvalue weighted by Gasteiger charge is -2.34. The van der Waals surface area contributed by atoms with Crippen LogP contribution in [0.2, 0.25) is 0 Å². The fraction of sp³-hybridized carbons (Fsp3) is 0.538. The van der Waals surface area contributed by atoms with Gasteiger partial charge in [-0.1, -0.05) is 20.3 Å². The molecular formula is C13H16N2O. The van der Waals surface area contributed by atoms with Crippen LogP contribution in [0, 0.1) is 0 Å². The molecule has 1 aromatic heterocycles. The highest BCUT2D eigenvalue weighted by Crippen LogP contribution is 2.50. The van der Waals surface area contributed by atoms with E-state index in [1.807, 2.05) is 6.20 Å². The van der Waals surface area contributed by atoms with Gasteiger partial charge in [0.25, 0.3) is 0 Å². The normalized spacial score (nSPS) is 20.8. The van der Waals surface area contributed by atoms with E-state index in [4.69, 9.17) is 0 Å². The van der Waals surface area contributed by atoms with E-state index in [0.29, 0.717) is 5.92 Å². The molecule has 3 heteroatoms. The number of carbonyl (C=O) groups excluding carboxylic acids is 1. The van der Waals surface area contributed by atoms with Gasteiger partial charge in [-0.15, -0.1) is 0 Å². The number of nitrogens with zero attached hydrogens (tertiary/aromatic N) is 1. The molecule has 1 amide bonds. The summed E-state index contributed by atoms with van der Waals surface area (Å²) in [5.41, 5.74) is 2.84. The molecule has 1 spiro atoms. The molecule has 2 aliphatic rings. The maximum Gasteiger partial charge on any atom is 0.236 e. The van der Waals surface area contributed by atoms with E-state index in [1.165, 1.54) is 5.56 Å². The zero-order chi connectivity index (χ0) is 11.3. The van der Waals surface area contributed by atoms with Crippen LogP contribution in [-0.2, 0) is 10.2 Å². The van der Waals surface area contributed by atoms with Crippen LogP contribution in [0.5, 0.6) is 0 Å². The maximum absolute atomic E-state index is 12.0. The van der Waals surface area contributed by atoms with Gasteiger partial charge in [0.15, 0.2) is 0 Å². The second kappa shape index (κ2) is 3.06. The van der Waals surface area contributed by atoms with Gasteiger partial charge >= 0.3 is 0 Å². The summed E-state index contributed by atoms with van der Waals surface area (Å²) in [6.45, 7) is 4.28. The predicted molar refractivity (Wildman–Crippen MR) is 62.5 cm³/mol. The number of anilines is 1. The van der Waals surface area contributed by atoms with Gasteiger partial charge in [-0.25, -0.2) is 0 Å². The molecule has 1 N–H and O–H groups in total. The first-order valence-electron chi connectivity index (χ1n) is 5.95. The van der Waals surface area contributed by atoms with Crippen LogP contribution in [0.4, 0.5) is 5.69 Å². The van der Waals surface area contributed by atoms with Gasteiger partial charge in [0, 0.05) is 6.20 Å². The number of pyridine rings is 1. The monoisotopic (exact) mass is 216 g/mol. The number of hydrogen-bond donors (Lipinski definition) is 1. The molecule has 2 heterocycles. The van der Waals surface area contributed by atoms with E-state index in [0.717, 1.165) is 30.6 Å². The number of aromatic nitrogens is 1. The Morgan fingerprint density at radius 3 is 2.75 bits per heavy atom. The summed E-state index contributed by atoms with van der Waals surface area (Å²) in [7, 11) is 0. The van der Waals surface area contributed by atoms with E-state index in [1.54, 1.807) is 0 Å². The number of fused-ring (bicyclic) bond motifs is 2. The standard InChI is InChI=1S/C13H16N2O/c1-8(2)9-6-10-11(14-7-9)13(4-3-5-13)12(16)15-10/h6-8H,3-5H2,1-2H3,(H,15,16). The van der Waals surface area contributed by atoms with Crippen LogP contribution < -0.4 is 5.32 Å². The Hall–Kier alpha value is -1.38. The number of hydrogen-bond acceptors (Lipinski definition) is 2. The third-order valence-electron chi connectivity index (χ3n) is 3.92. The third-order valence-corrected chi connectivity index (χ3v) is 3.92. The first kappa shape index (κ1) is 9.82. The molecular weight excluding hydrogens is 200 g/mol. The predicted octanol–water partition coefficient (Wildman–Crippen LogP) is 2.58. The largest absolute Gasteiger partial charge is 0.324 e. The Balaban J connectivity index is 2.08. The van der Waals surface area contributed by atoms with Crippen molar-refractivity contribution in [3.05, 3.63) is 23.5 Å². The number of rotatable bonds is 1. The van der Waals surface area contributed by atoms with Crippen molar-refractivity contribution in [1.29, 1.82) is 0 Å². The fourth-order valence-corrected chi connectivity index (χ4v) is 2.62. The lowest BCUT2D eigenvalue weighted by molar-refractivity contribution is -0.123. The molecule has 16 heavy (non-hydrogen) atoms. The summed E-state index contributed by atoms with van der Waals surface area (Å²) in [6, 6.07) is 2.08. The van der Waals surface area contributed by atoms with Gasteiger partial charge in [-0.2, -0.15) is 0 Å². The molecule has 0 saturated heterocycles. The molecule has 1 aliphatic heterocycles. The van der Waals surface area contributed by atoms with Crippen LogP contribution in [0.25, 0.3) is 0 Å². The molecule has 3 nitrogen and oxygen atoms in total. The smallest absolute Gasteiger partial charge is 0.236 e. The number of carbonyl (C=O) groups is 1. The maximum atomic E-state index is 12.0. The Bertz CT molecular complexity index is 461. The third kappa shape index (κ3) is 1.09. The molecule has 0 aromatic carbocycles. The summed E-state index contributed by atoms with van der Waals surface area (Å²) < 4.78 is 0. The molecule has 3 rings (SSSR count). The van der Waals surface area contributed by atoms with Crippen LogP contribution in [0.3, 0.4) is 0 Å². The van der Waals surface area contributed by atoms with Crippen LogP contribution >= 0.6 is 0 Å². The molecule has 84 valence electrons. The molecule has 0 bridgehead atoms. The van der Waals surface area contributed by atoms with Crippen molar-refractivity contribution < 1.29 is 4.79 Å². The van der Waals surface area contributed by atoms with Crippen molar-refractivity contribution >= 4 is 11.6 Å². The molecule has 0 unspecified atom stereocenters. The second-order valence-electron chi connectivity index (χ2n) is 5.21. The second-order valence-corrected chi connectivity index (χ2v) is 5.21. The Labute approximate surface area is 95.3 Å². The molecule has 1 saturated carbocycles. The first-order chi connectivity index (χ1) is 7.63. The molecule has 1 aromatic rings. The highest BCUT2D eigenvalue weighted by molar-refractivity contribution is 6.06. The Kier molecular flexibility index (Phi) is 1.88. The van der Waals surface area contributed by atoms with E-state index in [9.17, 15) is 4.79 Å². The summed E-state index contributed by atoms with van der Waals surface area (Å²) in [4.78, 5) is 16.5. The van der Waals surface area contributed by atoms with Crippen molar-refractivity contribution in [2.75, 3.05) is 5.32 Å². The summed E-state index contributed by atoms with van der Waals surface area (Å²) in [5, 5.41) is 2.98. The fourth-order valence-electron chi connectivity index (χ4n) is 2.62. The zero-order valence-electron chi connectivity index (χ0n) is 9.71. The highest BCUT2D eigenvalue weighted by atomic mass is 16.2. The van der Waals surface area contributed by atoms with Gasteiger partial charge < -0.3 is 5.32 Å². The van der Waals surface area contributed by atoms with Crippen molar-refractivity contribution in [3.8, 4) is 0 Å². The Morgan fingerprint density at radius 2 is 2.19 bits per heavy atom. The number of amides is 1. The minimum atomic E-state index is -0.273. The van der Waals surface area contributed by atoms with Crippen LogP contribution in [0.1, 0.15) is 50.3 Å². The van der Waals surface area contributed by atoms with Crippen molar-refractivity contribution in [1.82, 2.24) is 4.98 Å². The SMILES string of the molecule is CC(C)c1cnc2c(c1)NC(=O)C21CCC1. The van der Waals surface area contributed by atoms with E-state index < -0.39 is 0 Å². The van der Waals surface area contributed by atoms with Gasteiger partial charge in [0.1, 0.15) is 0 Å². The van der Waals surface area contributed by atoms with Crippen LogP contribution in [-0.4, -0.2) is 10.9 Å². The zero-order valence-corrected chi connectivity index (χ0v) is 9.71. The van der Waals surface area contributed by atoms with E-state index in [-0.39, 0.29) is 11.3 Å². The molecule has 1 aliphatic carbocycles. The van der Waals surface area contributed by atoms with Crippen molar-refractivity contribution in [2.24, 2.45) is 0 Å². The Morgan fingerprint density at radius 1 is 1.44 bits per heavy atom. The van der Waals surface area contributed by atoms with E-state index >= 15 is 0 Å². The number of nitrogens with one attached hydrogen (secondary N) is 1. The quantitative estimate of drug-likeness (QED) is 0.784. The minimum absolute atomic E-state index is 0.155. The van der Waals surface area contributed by atoms with Crippen molar-refractivity contribution in [3.63, 3.8) is 0 Å². The van der Waals surface area contributed by atoms with Gasteiger partial charge in [0.2, 0.25) is 5.91 Å². The molecule has 0 radical (unpaired) electrons. The molecule has 1 fully saturated rings. The summed E-state index contributed by atoms with van der Waals surface area (Å²) in [6.07, 6.45) is 4.98. The lowest BCUT2D eigenvalue weighted by Crippen LogP contribution is -2.41. The van der Waals surface area contributed by atoms with E-state index in [2.05, 4.69) is 30.2 Å². The topological polar surface area (TPSA) is 42.0 Å². The van der Waals surface area contributed by atoms with Gasteiger partial charge in [0.05, 0.1) is 16.8 Å². The average Bonchev–Trinajstić information content (AvgIpc) is 2.47. The average molecular weight is 216 g/mol. The van der Waals surface area contributed by atoms with Gasteiger partial charge in [-0.05, 0) is 30.4 Å².